The average Bonchev–Trinajstić information content (AvgIpc) is 3.10. The van der Waals surface area contributed by atoms with Crippen LogP contribution in [0, 0.1) is 0 Å². The van der Waals surface area contributed by atoms with Gasteiger partial charge in [0.15, 0.2) is 5.15 Å². The highest BCUT2D eigenvalue weighted by Gasteiger charge is 2.16. The van der Waals surface area contributed by atoms with Crippen molar-refractivity contribution in [2.24, 2.45) is 0 Å². The van der Waals surface area contributed by atoms with E-state index in [1.807, 2.05) is 42.5 Å². The lowest BCUT2D eigenvalue weighted by Crippen LogP contribution is -2.03. The molecule has 0 aliphatic rings. The maximum absolute atomic E-state index is 6.14. The molecule has 0 radical (unpaired) electrons. The molecule has 27 heavy (non-hydrogen) atoms. The fourth-order valence-corrected chi connectivity index (χ4v) is 2.83. The topological polar surface area (TPSA) is 78.8 Å². The van der Waals surface area contributed by atoms with E-state index in [0.717, 1.165) is 16.9 Å². The van der Waals surface area contributed by atoms with E-state index in [1.54, 1.807) is 22.9 Å². The second kappa shape index (κ2) is 7.26. The number of benzene rings is 2. The quantitative estimate of drug-likeness (QED) is 0.489. The number of hydrogen-bond acceptors (Lipinski definition) is 5. The molecule has 2 aromatic carbocycles. The predicted octanol–water partition coefficient (Wildman–Crippen LogP) is 5.01. The van der Waals surface area contributed by atoms with Crippen molar-refractivity contribution in [2.75, 3.05) is 5.73 Å². The maximum Gasteiger partial charge on any atom is 0.249 e. The molecule has 134 valence electrons. The van der Waals surface area contributed by atoms with Gasteiger partial charge < -0.3 is 10.5 Å². The van der Waals surface area contributed by atoms with Crippen molar-refractivity contribution in [1.82, 2.24) is 19.7 Å². The first-order valence-corrected chi connectivity index (χ1v) is 8.72. The summed E-state index contributed by atoms with van der Waals surface area (Å²) in [6.07, 6.45) is 1.28. The highest BCUT2D eigenvalue weighted by molar-refractivity contribution is 6.32. The summed E-state index contributed by atoms with van der Waals surface area (Å²) < 4.78 is 7.54. The van der Waals surface area contributed by atoms with Crippen LogP contribution in [0.25, 0.3) is 16.9 Å². The van der Waals surface area contributed by atoms with Gasteiger partial charge in [-0.05, 0) is 18.2 Å². The van der Waals surface area contributed by atoms with Crippen molar-refractivity contribution in [3.05, 3.63) is 77.2 Å². The van der Waals surface area contributed by atoms with E-state index in [9.17, 15) is 0 Å². The Labute approximate surface area is 165 Å². The minimum atomic E-state index is 0.122. The second-order valence-electron chi connectivity index (χ2n) is 5.61. The Balaban J connectivity index is 1.83. The van der Waals surface area contributed by atoms with Crippen LogP contribution >= 0.6 is 23.2 Å². The molecule has 2 N–H and O–H groups in total. The summed E-state index contributed by atoms with van der Waals surface area (Å²) in [7, 11) is 0. The number of hydrogen-bond donors (Lipinski definition) is 1. The third-order valence-corrected chi connectivity index (χ3v) is 4.34. The maximum atomic E-state index is 6.14. The zero-order valence-electron chi connectivity index (χ0n) is 13.9. The molecule has 0 aliphatic carbocycles. The van der Waals surface area contributed by atoms with E-state index in [-0.39, 0.29) is 16.7 Å². The Hall–Kier alpha value is -3.09. The number of anilines is 1. The van der Waals surface area contributed by atoms with Crippen LogP contribution in [0.15, 0.2) is 67.0 Å². The highest BCUT2D eigenvalue weighted by Crippen LogP contribution is 2.33. The molecule has 0 saturated heterocycles. The zero-order valence-corrected chi connectivity index (χ0v) is 15.4. The van der Waals surface area contributed by atoms with Crippen LogP contribution in [-0.2, 0) is 0 Å². The molecule has 4 rings (SSSR count). The summed E-state index contributed by atoms with van der Waals surface area (Å²) in [5.74, 6) is 0.565. The fourth-order valence-electron chi connectivity index (χ4n) is 2.52. The minimum absolute atomic E-state index is 0.122. The molecule has 6 nitrogen and oxygen atoms in total. The first kappa shape index (κ1) is 17.3. The largest absolute Gasteiger partial charge is 0.418 e. The summed E-state index contributed by atoms with van der Waals surface area (Å²) in [4.78, 5) is 7.89. The van der Waals surface area contributed by atoms with Gasteiger partial charge in [-0.3, -0.25) is 0 Å². The van der Waals surface area contributed by atoms with E-state index in [0.29, 0.717) is 10.9 Å². The number of rotatable bonds is 4. The number of ether oxygens (including phenoxy) is 1. The van der Waals surface area contributed by atoms with Crippen molar-refractivity contribution < 1.29 is 4.74 Å². The third-order valence-electron chi connectivity index (χ3n) is 3.80. The van der Waals surface area contributed by atoms with Crippen molar-refractivity contribution >= 4 is 28.9 Å². The molecule has 8 heteroatoms. The Morgan fingerprint density at radius 2 is 1.74 bits per heavy atom. The molecule has 0 atom stereocenters. The van der Waals surface area contributed by atoms with Crippen LogP contribution in [0.3, 0.4) is 0 Å². The molecule has 0 fully saturated rings. The van der Waals surface area contributed by atoms with Gasteiger partial charge in [0.2, 0.25) is 11.8 Å². The molecule has 0 bridgehead atoms. The van der Waals surface area contributed by atoms with Gasteiger partial charge in [-0.25, -0.2) is 9.67 Å². The molecule has 2 aromatic heterocycles. The smallest absolute Gasteiger partial charge is 0.249 e. The summed E-state index contributed by atoms with van der Waals surface area (Å²) in [6.45, 7) is 0. The van der Waals surface area contributed by atoms with E-state index in [2.05, 4.69) is 15.1 Å². The van der Waals surface area contributed by atoms with Crippen molar-refractivity contribution in [2.45, 2.75) is 0 Å². The van der Waals surface area contributed by atoms with Gasteiger partial charge in [0.1, 0.15) is 12.0 Å². The predicted molar refractivity (Wildman–Crippen MR) is 106 cm³/mol. The normalized spacial score (nSPS) is 10.7. The van der Waals surface area contributed by atoms with Crippen molar-refractivity contribution in [3.8, 4) is 28.7 Å². The lowest BCUT2D eigenvalue weighted by molar-refractivity contribution is 0.429. The molecular weight excluding hydrogens is 385 g/mol. The lowest BCUT2D eigenvalue weighted by atomic mass is 10.2. The van der Waals surface area contributed by atoms with Crippen LogP contribution in [0.2, 0.25) is 10.2 Å². The van der Waals surface area contributed by atoms with Gasteiger partial charge in [-0.15, -0.1) is 0 Å². The molecule has 0 unspecified atom stereocenters. The standard InChI is InChI=1S/C19H13Cl2N5O/c20-13-7-4-8-14(9-13)26-16(27-19-17(22)18(21)23-11-24-19)10-15(25-26)12-5-2-1-3-6-12/h1-11H,22H2. The molecular formula is C19H13Cl2N5O. The van der Waals surface area contributed by atoms with Gasteiger partial charge >= 0.3 is 0 Å². The minimum Gasteiger partial charge on any atom is -0.418 e. The zero-order chi connectivity index (χ0) is 18.8. The fraction of sp³-hybridized carbons (Fsp3) is 0. The number of aromatic nitrogens is 4. The van der Waals surface area contributed by atoms with Crippen molar-refractivity contribution in [3.63, 3.8) is 0 Å². The van der Waals surface area contributed by atoms with Gasteiger partial charge in [0.05, 0.1) is 11.4 Å². The summed E-state index contributed by atoms with van der Waals surface area (Å²) in [5.41, 5.74) is 8.48. The first-order valence-electron chi connectivity index (χ1n) is 7.97. The molecule has 0 saturated carbocycles. The van der Waals surface area contributed by atoms with E-state index in [1.165, 1.54) is 6.33 Å². The molecule has 0 aliphatic heterocycles. The average molecular weight is 398 g/mol. The molecule has 0 spiro atoms. The number of halogens is 2. The van der Waals surface area contributed by atoms with Crippen LogP contribution in [0.4, 0.5) is 5.69 Å². The molecule has 0 amide bonds. The van der Waals surface area contributed by atoms with Gasteiger partial charge in [0.25, 0.3) is 0 Å². The number of nitrogen functional groups attached to an aromatic ring is 1. The van der Waals surface area contributed by atoms with E-state index >= 15 is 0 Å². The number of nitrogens with two attached hydrogens (primary N) is 1. The lowest BCUT2D eigenvalue weighted by Gasteiger charge is -2.10. The van der Waals surface area contributed by atoms with Gasteiger partial charge in [-0.1, -0.05) is 59.6 Å². The van der Waals surface area contributed by atoms with Crippen LogP contribution in [0.1, 0.15) is 0 Å². The Morgan fingerprint density at radius 1 is 0.926 bits per heavy atom. The molecule has 4 aromatic rings. The SMILES string of the molecule is Nc1c(Cl)ncnc1Oc1cc(-c2ccccc2)nn1-c1cccc(Cl)c1. The molecule has 2 heterocycles. The van der Waals surface area contributed by atoms with Crippen LogP contribution in [0.5, 0.6) is 11.8 Å². The summed E-state index contributed by atoms with van der Waals surface area (Å²) in [6, 6.07) is 18.8. The van der Waals surface area contributed by atoms with E-state index < -0.39 is 0 Å². The highest BCUT2D eigenvalue weighted by atomic mass is 35.5. The van der Waals surface area contributed by atoms with Crippen molar-refractivity contribution in [1.29, 1.82) is 0 Å². The monoisotopic (exact) mass is 397 g/mol. The summed E-state index contributed by atoms with van der Waals surface area (Å²) in [5, 5.41) is 5.36. The summed E-state index contributed by atoms with van der Waals surface area (Å²) >= 11 is 12.1. The van der Waals surface area contributed by atoms with Gasteiger partial charge in [0, 0.05) is 16.7 Å². The van der Waals surface area contributed by atoms with Crippen LogP contribution in [-0.4, -0.2) is 19.7 Å². The Kier molecular flexibility index (Phi) is 4.66. The van der Waals surface area contributed by atoms with Gasteiger partial charge in [-0.2, -0.15) is 10.1 Å². The Morgan fingerprint density at radius 3 is 2.52 bits per heavy atom. The second-order valence-corrected chi connectivity index (χ2v) is 6.41. The first-order chi connectivity index (χ1) is 13.1. The Bertz CT molecular complexity index is 1100. The van der Waals surface area contributed by atoms with Crippen LogP contribution < -0.4 is 10.5 Å². The number of nitrogens with zero attached hydrogens (tertiary/aromatic N) is 4. The van der Waals surface area contributed by atoms with E-state index in [4.69, 9.17) is 33.7 Å². The third kappa shape index (κ3) is 3.58.